The Labute approximate surface area is 105 Å². The number of hydrogen-bond acceptors (Lipinski definition) is 3. The number of ether oxygens (including phenoxy) is 1. The molecule has 16 heavy (non-hydrogen) atoms. The van der Waals surface area contributed by atoms with Crippen molar-refractivity contribution >= 4 is 30.0 Å². The van der Waals surface area contributed by atoms with E-state index < -0.39 is 11.5 Å². The predicted molar refractivity (Wildman–Crippen MR) is 64.4 cm³/mol. The molecule has 0 amide bonds. The molecule has 90 valence electrons. The second-order valence-electron chi connectivity index (χ2n) is 3.36. The van der Waals surface area contributed by atoms with E-state index in [0.717, 1.165) is 0 Å². The fourth-order valence-corrected chi connectivity index (χ4v) is 1.37. The molecule has 1 aromatic carbocycles. The minimum absolute atomic E-state index is 0. The van der Waals surface area contributed by atoms with E-state index in [1.807, 2.05) is 0 Å². The van der Waals surface area contributed by atoms with Crippen LogP contribution in [-0.2, 0) is 10.3 Å². The molecule has 1 rings (SSSR count). The Morgan fingerprint density at radius 3 is 2.50 bits per heavy atom. The van der Waals surface area contributed by atoms with Crippen LogP contribution < -0.4 is 10.5 Å². The van der Waals surface area contributed by atoms with E-state index in [-0.39, 0.29) is 12.4 Å². The van der Waals surface area contributed by atoms with E-state index in [0.29, 0.717) is 16.3 Å². The first-order chi connectivity index (χ1) is 6.89. The van der Waals surface area contributed by atoms with E-state index >= 15 is 0 Å². The van der Waals surface area contributed by atoms with Gasteiger partial charge in [-0.1, -0.05) is 17.7 Å². The lowest BCUT2D eigenvalue weighted by Gasteiger charge is -2.20. The Hall–Kier alpha value is -0.970. The number of aliphatic carboxylic acids is 1. The van der Waals surface area contributed by atoms with Gasteiger partial charge in [0.2, 0.25) is 0 Å². The highest BCUT2D eigenvalue weighted by atomic mass is 35.5. The molecule has 0 radical (unpaired) electrons. The molecule has 4 nitrogen and oxygen atoms in total. The van der Waals surface area contributed by atoms with Crippen LogP contribution in [0.2, 0.25) is 5.02 Å². The van der Waals surface area contributed by atoms with Crippen LogP contribution in [0.3, 0.4) is 0 Å². The molecule has 0 spiro atoms. The van der Waals surface area contributed by atoms with Gasteiger partial charge in [-0.15, -0.1) is 12.4 Å². The van der Waals surface area contributed by atoms with Crippen molar-refractivity contribution in [2.24, 2.45) is 5.73 Å². The largest absolute Gasteiger partial charge is 0.495 e. The molecule has 0 aliphatic heterocycles. The summed E-state index contributed by atoms with van der Waals surface area (Å²) in [6.07, 6.45) is 0. The monoisotopic (exact) mass is 265 g/mol. The summed E-state index contributed by atoms with van der Waals surface area (Å²) >= 11 is 5.87. The zero-order valence-corrected chi connectivity index (χ0v) is 10.4. The smallest absolute Gasteiger partial charge is 0.328 e. The first-order valence-corrected chi connectivity index (χ1v) is 4.63. The third kappa shape index (κ3) is 2.78. The SMILES string of the molecule is COc1ccc(C(C)(N)C(=O)O)cc1Cl.Cl. The van der Waals surface area contributed by atoms with Crippen molar-refractivity contribution in [2.75, 3.05) is 7.11 Å². The lowest BCUT2D eigenvalue weighted by molar-refractivity contribution is -0.143. The van der Waals surface area contributed by atoms with Gasteiger partial charge in [-0.2, -0.15) is 0 Å². The molecule has 1 unspecified atom stereocenters. The van der Waals surface area contributed by atoms with Crippen LogP contribution in [-0.4, -0.2) is 18.2 Å². The Morgan fingerprint density at radius 2 is 2.12 bits per heavy atom. The predicted octanol–water partition coefficient (Wildman–Crippen LogP) is 2.03. The molecular formula is C10H13Cl2NO3. The molecule has 0 fully saturated rings. The molecule has 0 aliphatic carbocycles. The van der Waals surface area contributed by atoms with Gasteiger partial charge in [0.1, 0.15) is 11.3 Å². The molecule has 0 aromatic heterocycles. The van der Waals surface area contributed by atoms with Crippen LogP contribution in [0.15, 0.2) is 18.2 Å². The number of rotatable bonds is 3. The van der Waals surface area contributed by atoms with Crippen LogP contribution >= 0.6 is 24.0 Å². The van der Waals surface area contributed by atoms with Crippen molar-refractivity contribution in [3.63, 3.8) is 0 Å². The number of carboxylic acid groups (broad SMARTS) is 1. The molecule has 0 bridgehead atoms. The van der Waals surface area contributed by atoms with Crippen LogP contribution in [0.4, 0.5) is 0 Å². The summed E-state index contributed by atoms with van der Waals surface area (Å²) in [6, 6.07) is 4.67. The molecular weight excluding hydrogens is 253 g/mol. The number of carboxylic acids is 1. The number of halogens is 2. The number of methoxy groups -OCH3 is 1. The average molecular weight is 266 g/mol. The van der Waals surface area contributed by atoms with Crippen LogP contribution in [0, 0.1) is 0 Å². The summed E-state index contributed by atoms with van der Waals surface area (Å²) < 4.78 is 4.95. The molecule has 6 heteroatoms. The zero-order chi connectivity index (χ0) is 11.6. The van der Waals surface area contributed by atoms with Gasteiger partial charge in [0.25, 0.3) is 0 Å². The fourth-order valence-electron chi connectivity index (χ4n) is 1.11. The number of benzene rings is 1. The van der Waals surface area contributed by atoms with E-state index in [9.17, 15) is 4.79 Å². The van der Waals surface area contributed by atoms with Gasteiger partial charge >= 0.3 is 5.97 Å². The van der Waals surface area contributed by atoms with E-state index in [4.69, 9.17) is 27.2 Å². The van der Waals surface area contributed by atoms with Crippen molar-refractivity contribution < 1.29 is 14.6 Å². The second-order valence-corrected chi connectivity index (χ2v) is 3.76. The summed E-state index contributed by atoms with van der Waals surface area (Å²) in [5.41, 5.74) is 4.63. The Morgan fingerprint density at radius 1 is 1.56 bits per heavy atom. The van der Waals surface area contributed by atoms with Crippen LogP contribution in [0.25, 0.3) is 0 Å². The fraction of sp³-hybridized carbons (Fsp3) is 0.300. The lowest BCUT2D eigenvalue weighted by atomic mass is 9.93. The van der Waals surface area contributed by atoms with Gasteiger partial charge < -0.3 is 15.6 Å². The van der Waals surface area contributed by atoms with Gasteiger partial charge in [-0.3, -0.25) is 0 Å². The first kappa shape index (κ1) is 15.0. The Bertz CT molecular complexity index is 394. The van der Waals surface area contributed by atoms with Gasteiger partial charge in [-0.05, 0) is 24.6 Å². The summed E-state index contributed by atoms with van der Waals surface area (Å²) in [7, 11) is 1.49. The topological polar surface area (TPSA) is 72.5 Å². The molecule has 0 saturated carbocycles. The summed E-state index contributed by atoms with van der Waals surface area (Å²) in [5, 5.41) is 9.25. The van der Waals surface area contributed by atoms with Gasteiger partial charge in [0, 0.05) is 0 Å². The van der Waals surface area contributed by atoms with Crippen molar-refractivity contribution in [3.8, 4) is 5.75 Å². The van der Waals surface area contributed by atoms with Gasteiger partial charge in [0.05, 0.1) is 12.1 Å². The van der Waals surface area contributed by atoms with Crippen LogP contribution in [0.5, 0.6) is 5.75 Å². The molecule has 1 atom stereocenters. The second kappa shape index (κ2) is 5.39. The Kier molecular flexibility index (Phi) is 5.06. The number of hydrogen-bond donors (Lipinski definition) is 2. The maximum absolute atomic E-state index is 10.9. The summed E-state index contributed by atoms with van der Waals surface area (Å²) in [6.45, 7) is 1.41. The maximum atomic E-state index is 10.9. The van der Waals surface area contributed by atoms with E-state index in [1.165, 1.54) is 20.1 Å². The molecule has 3 N–H and O–H groups in total. The zero-order valence-electron chi connectivity index (χ0n) is 8.86. The van der Waals surface area contributed by atoms with Gasteiger partial charge in [0.15, 0.2) is 0 Å². The molecule has 0 saturated heterocycles. The quantitative estimate of drug-likeness (QED) is 0.877. The highest BCUT2D eigenvalue weighted by molar-refractivity contribution is 6.32. The minimum atomic E-state index is -1.45. The number of carbonyl (C=O) groups is 1. The highest BCUT2D eigenvalue weighted by Crippen LogP contribution is 2.29. The van der Waals surface area contributed by atoms with Crippen molar-refractivity contribution in [3.05, 3.63) is 28.8 Å². The third-order valence-electron chi connectivity index (χ3n) is 2.20. The Balaban J connectivity index is 0.00000225. The number of nitrogens with two attached hydrogens (primary N) is 1. The normalized spacial score (nSPS) is 13.5. The third-order valence-corrected chi connectivity index (χ3v) is 2.49. The van der Waals surface area contributed by atoms with Crippen molar-refractivity contribution in [2.45, 2.75) is 12.5 Å². The minimum Gasteiger partial charge on any atom is -0.495 e. The van der Waals surface area contributed by atoms with Crippen molar-refractivity contribution in [1.29, 1.82) is 0 Å². The maximum Gasteiger partial charge on any atom is 0.328 e. The lowest BCUT2D eigenvalue weighted by Crippen LogP contribution is -2.41. The molecule has 0 heterocycles. The van der Waals surface area contributed by atoms with E-state index in [1.54, 1.807) is 12.1 Å². The molecule has 0 aliphatic rings. The first-order valence-electron chi connectivity index (χ1n) is 4.26. The van der Waals surface area contributed by atoms with Gasteiger partial charge in [-0.25, -0.2) is 4.79 Å². The standard InChI is InChI=1S/C10H12ClNO3.ClH/c1-10(12,9(13)14)6-3-4-8(15-2)7(11)5-6;/h3-5H,12H2,1-2H3,(H,13,14);1H. The summed E-state index contributed by atoms with van der Waals surface area (Å²) in [5.74, 6) is -0.620. The van der Waals surface area contributed by atoms with Crippen molar-refractivity contribution in [1.82, 2.24) is 0 Å². The summed E-state index contributed by atoms with van der Waals surface area (Å²) in [4.78, 5) is 10.9. The van der Waals surface area contributed by atoms with Crippen LogP contribution in [0.1, 0.15) is 12.5 Å². The highest BCUT2D eigenvalue weighted by Gasteiger charge is 2.30. The average Bonchev–Trinajstić information content (AvgIpc) is 2.17. The van der Waals surface area contributed by atoms with E-state index in [2.05, 4.69) is 0 Å². The molecule has 1 aromatic rings.